The Labute approximate surface area is 217 Å². The second-order valence-corrected chi connectivity index (χ2v) is 10.6. The largest absolute Gasteiger partial charge is 0.444 e. The van der Waals surface area contributed by atoms with Crippen LogP contribution in [0.2, 0.25) is 5.02 Å². The zero-order valence-corrected chi connectivity index (χ0v) is 21.5. The molecule has 1 aromatic heterocycles. The van der Waals surface area contributed by atoms with Crippen molar-refractivity contribution >= 4 is 29.5 Å². The summed E-state index contributed by atoms with van der Waals surface area (Å²) in [5, 5.41) is 10.3. The van der Waals surface area contributed by atoms with Gasteiger partial charge in [0.15, 0.2) is 0 Å². The molecule has 36 heavy (non-hydrogen) atoms. The highest BCUT2D eigenvalue weighted by Crippen LogP contribution is 2.34. The molecule has 1 aliphatic carbocycles. The van der Waals surface area contributed by atoms with Crippen molar-refractivity contribution in [2.75, 3.05) is 6.54 Å². The molecule has 0 unspecified atom stereocenters. The highest BCUT2D eigenvalue weighted by molar-refractivity contribution is 6.30. The van der Waals surface area contributed by atoms with Crippen molar-refractivity contribution < 1.29 is 20.5 Å². The van der Waals surface area contributed by atoms with Gasteiger partial charge in [0.2, 0.25) is 11.8 Å². The molecule has 1 aliphatic heterocycles. The average molecular weight is 518 g/mol. The van der Waals surface area contributed by atoms with Crippen molar-refractivity contribution in [2.45, 2.75) is 77.1 Å². The number of ether oxygens (including phenoxy) is 1. The number of nitrogens with one attached hydrogen (secondary N) is 2. The molecule has 1 aromatic carbocycles. The second-order valence-electron chi connectivity index (χ2n) is 10.2. The molecular weight excluding hydrogens is 484 g/mol. The van der Waals surface area contributed by atoms with Crippen molar-refractivity contribution in [1.29, 1.82) is 0 Å². The zero-order chi connectivity index (χ0) is 26.8. The van der Waals surface area contributed by atoms with Crippen LogP contribution in [0.3, 0.4) is 0 Å². The van der Waals surface area contributed by atoms with Crippen molar-refractivity contribution in [3.8, 4) is 5.69 Å². The van der Waals surface area contributed by atoms with Crippen LogP contribution in [0.1, 0.15) is 59.8 Å². The number of halogens is 1. The summed E-state index contributed by atoms with van der Waals surface area (Å²) in [5.41, 5.74) is 0.752. The van der Waals surface area contributed by atoms with Crippen LogP contribution in [0, 0.1) is 5.89 Å². The predicted octanol–water partition coefficient (Wildman–Crippen LogP) is 3.22. The molecule has 2 aromatic rings. The summed E-state index contributed by atoms with van der Waals surface area (Å²) in [6.07, 6.45) is 4.96. The van der Waals surface area contributed by atoms with Gasteiger partial charge >= 0.3 is 6.09 Å². The maximum Gasteiger partial charge on any atom is 0.408 e. The Kier molecular flexibility index (Phi) is 7.41. The molecule has 2 fully saturated rings. The number of benzene rings is 1. The zero-order valence-electron chi connectivity index (χ0n) is 21.8. The van der Waals surface area contributed by atoms with Crippen molar-refractivity contribution in [3.63, 3.8) is 0 Å². The smallest absolute Gasteiger partial charge is 0.408 e. The average Bonchev–Trinajstić information content (AvgIpc) is 3.23. The summed E-state index contributed by atoms with van der Waals surface area (Å²) < 4.78 is 15.3. The number of rotatable bonds is 8. The first-order chi connectivity index (χ1) is 17.4. The standard InChI is InChI=1S/C25H33ClN6O4/c1-25(2,3)36-24(35)30-19(11-16-6-7-16)23(34)31-10-4-5-21(31)22(33)28-13-17-12-18(26)8-9-20(17)32-15-27-14-29-32/h8-9,12,14-16,19,21H,4-7,10-11,13H2,1-3H3,(H,28,33)(H,30,35)/t19-,21-/m0/s1/i16D. The minimum Gasteiger partial charge on any atom is -0.444 e. The number of carbonyl (C=O) groups is 3. The maximum atomic E-state index is 13.6. The van der Waals surface area contributed by atoms with Crippen LogP contribution in [0.25, 0.3) is 5.69 Å². The SMILES string of the molecule is [2H]C1(C[C@H](NC(=O)OC(C)(C)C)C(=O)N2CCC[C@H]2C(=O)NCc2cc(Cl)ccc2-n2cncn2)CC1. The van der Waals surface area contributed by atoms with Gasteiger partial charge in [-0.3, -0.25) is 9.59 Å². The van der Waals surface area contributed by atoms with Crippen LogP contribution < -0.4 is 10.6 Å². The van der Waals surface area contributed by atoms with Gasteiger partial charge in [-0.15, -0.1) is 0 Å². The Morgan fingerprint density at radius 2 is 2.06 bits per heavy atom. The van der Waals surface area contributed by atoms with Crippen LogP contribution in [0.5, 0.6) is 0 Å². The number of aromatic nitrogens is 3. The lowest BCUT2D eigenvalue weighted by molar-refractivity contribution is -0.140. The minimum absolute atomic E-state index is 0.180. The van der Waals surface area contributed by atoms with E-state index in [1.165, 1.54) is 11.2 Å². The third kappa shape index (κ3) is 6.75. The Hall–Kier alpha value is -3.14. The fourth-order valence-corrected chi connectivity index (χ4v) is 4.48. The van der Waals surface area contributed by atoms with Crippen LogP contribution in [-0.4, -0.2) is 61.8 Å². The molecule has 0 radical (unpaired) electrons. The number of carbonyl (C=O) groups excluding carboxylic acids is 3. The van der Waals surface area contributed by atoms with Gasteiger partial charge in [-0.2, -0.15) is 5.10 Å². The molecular formula is C25H33ClN6O4. The molecule has 2 N–H and O–H groups in total. The Morgan fingerprint density at radius 3 is 2.72 bits per heavy atom. The summed E-state index contributed by atoms with van der Waals surface area (Å²) in [6.45, 7) is 5.81. The fourth-order valence-electron chi connectivity index (χ4n) is 4.29. The van der Waals surface area contributed by atoms with Gasteiger partial charge in [-0.1, -0.05) is 24.4 Å². The van der Waals surface area contributed by atoms with Crippen molar-refractivity contribution in [1.82, 2.24) is 30.3 Å². The minimum atomic E-state index is -0.935. The first-order valence-corrected chi connectivity index (χ1v) is 12.5. The van der Waals surface area contributed by atoms with E-state index < -0.39 is 29.7 Å². The van der Waals surface area contributed by atoms with Crippen LogP contribution in [0.4, 0.5) is 4.79 Å². The summed E-state index contributed by atoms with van der Waals surface area (Å²) in [4.78, 5) is 44.7. The lowest BCUT2D eigenvalue weighted by atomic mass is 10.1. The first-order valence-electron chi connectivity index (χ1n) is 12.7. The van der Waals surface area contributed by atoms with Crippen molar-refractivity contribution in [2.24, 2.45) is 5.89 Å². The first kappa shape index (κ1) is 24.5. The number of hydrogen-bond donors (Lipinski definition) is 2. The van der Waals surface area contributed by atoms with Gasteiger partial charge < -0.3 is 20.3 Å². The van der Waals surface area contributed by atoms with E-state index in [0.29, 0.717) is 37.3 Å². The number of likely N-dealkylation sites (tertiary alicyclic amines) is 1. The van der Waals surface area contributed by atoms with Crippen LogP contribution in [-0.2, 0) is 20.9 Å². The number of alkyl carbamates (subject to hydrolysis) is 1. The van der Waals surface area contributed by atoms with Gasteiger partial charge in [0.25, 0.3) is 0 Å². The summed E-state index contributed by atoms with van der Waals surface area (Å²) in [7, 11) is 0. The topological polar surface area (TPSA) is 118 Å². The molecule has 1 saturated carbocycles. The van der Waals surface area contributed by atoms with E-state index in [-0.39, 0.29) is 24.8 Å². The summed E-state index contributed by atoms with van der Waals surface area (Å²) in [6, 6.07) is 3.67. The van der Waals surface area contributed by atoms with Gasteiger partial charge in [-0.05, 0) is 69.7 Å². The van der Waals surface area contributed by atoms with Gasteiger partial charge in [0.1, 0.15) is 30.3 Å². The van der Waals surface area contributed by atoms with E-state index in [2.05, 4.69) is 20.7 Å². The molecule has 1 saturated heterocycles. The van der Waals surface area contributed by atoms with Gasteiger partial charge in [0.05, 0.1) is 5.69 Å². The molecule has 2 aliphatic rings. The van der Waals surface area contributed by atoms with E-state index in [4.69, 9.17) is 17.7 Å². The Bertz CT molecular complexity index is 1150. The molecule has 0 bridgehead atoms. The Morgan fingerprint density at radius 1 is 1.28 bits per heavy atom. The highest BCUT2D eigenvalue weighted by Gasteiger charge is 2.40. The fraction of sp³-hybridized carbons (Fsp3) is 0.560. The number of nitrogens with zero attached hydrogens (tertiary/aromatic N) is 4. The van der Waals surface area contributed by atoms with E-state index in [1.54, 1.807) is 50.0 Å². The maximum absolute atomic E-state index is 13.6. The molecule has 10 nitrogen and oxygen atoms in total. The van der Waals surface area contributed by atoms with Crippen molar-refractivity contribution in [3.05, 3.63) is 41.4 Å². The van der Waals surface area contributed by atoms with E-state index >= 15 is 0 Å². The molecule has 194 valence electrons. The highest BCUT2D eigenvalue weighted by atomic mass is 35.5. The molecule has 2 heterocycles. The van der Waals surface area contributed by atoms with Gasteiger partial charge in [-0.25, -0.2) is 14.5 Å². The van der Waals surface area contributed by atoms with E-state index in [9.17, 15) is 14.4 Å². The number of amides is 3. The molecule has 0 spiro atoms. The third-order valence-corrected chi connectivity index (χ3v) is 6.32. The molecule has 2 atom stereocenters. The summed E-state index contributed by atoms with van der Waals surface area (Å²) in [5.74, 6) is -1.40. The number of hydrogen-bond acceptors (Lipinski definition) is 6. The van der Waals surface area contributed by atoms with Gasteiger partial charge in [0, 0.05) is 19.5 Å². The lowest BCUT2D eigenvalue weighted by Gasteiger charge is -2.29. The monoisotopic (exact) mass is 517 g/mol. The van der Waals surface area contributed by atoms with E-state index in [1.807, 2.05) is 0 Å². The molecule has 3 amide bonds. The summed E-state index contributed by atoms with van der Waals surface area (Å²) >= 11 is 6.19. The quantitative estimate of drug-likeness (QED) is 0.555. The van der Waals surface area contributed by atoms with Crippen LogP contribution in [0.15, 0.2) is 30.9 Å². The molecule has 11 heteroatoms. The van der Waals surface area contributed by atoms with Crippen LogP contribution >= 0.6 is 11.6 Å². The predicted molar refractivity (Wildman–Crippen MR) is 133 cm³/mol. The lowest BCUT2D eigenvalue weighted by Crippen LogP contribution is -2.54. The third-order valence-electron chi connectivity index (χ3n) is 6.08. The Balaban J connectivity index is 1.44. The van der Waals surface area contributed by atoms with E-state index in [0.717, 1.165) is 11.3 Å². The molecule has 4 rings (SSSR count). The normalized spacial score (nSPS) is 19.8. The second kappa shape index (κ2) is 10.9.